The van der Waals surface area contributed by atoms with Gasteiger partial charge in [0.2, 0.25) is 0 Å². The third-order valence-electron chi connectivity index (χ3n) is 4.45. The van der Waals surface area contributed by atoms with Crippen LogP contribution in [0.4, 0.5) is 9.18 Å². The van der Waals surface area contributed by atoms with E-state index in [0.29, 0.717) is 25.2 Å². The third-order valence-corrected chi connectivity index (χ3v) is 4.45. The Morgan fingerprint density at radius 2 is 1.96 bits per heavy atom. The van der Waals surface area contributed by atoms with Crippen LogP contribution in [-0.4, -0.2) is 24.0 Å². The molecule has 1 atom stereocenters. The van der Waals surface area contributed by atoms with Crippen molar-refractivity contribution in [3.8, 4) is 0 Å². The molecule has 2 amide bonds. The second-order valence-electron chi connectivity index (χ2n) is 6.24. The van der Waals surface area contributed by atoms with Crippen LogP contribution in [0, 0.1) is 5.82 Å². The summed E-state index contributed by atoms with van der Waals surface area (Å²) in [4.78, 5) is 14.5. The average molecular weight is 339 g/mol. The maximum atomic E-state index is 13.3. The molecule has 2 aromatic carbocycles. The van der Waals surface area contributed by atoms with E-state index < -0.39 is 0 Å². The number of nitrogens with one attached hydrogen (secondary N) is 1. The van der Waals surface area contributed by atoms with Crippen LogP contribution in [-0.2, 0) is 6.42 Å². The van der Waals surface area contributed by atoms with Crippen molar-refractivity contribution in [1.29, 1.82) is 0 Å². The van der Waals surface area contributed by atoms with Crippen LogP contribution in [0.3, 0.4) is 0 Å². The van der Waals surface area contributed by atoms with Gasteiger partial charge in [0, 0.05) is 25.2 Å². The van der Waals surface area contributed by atoms with Gasteiger partial charge in [0.25, 0.3) is 0 Å². The van der Waals surface area contributed by atoms with Crippen LogP contribution in [0.2, 0.25) is 0 Å². The van der Waals surface area contributed by atoms with E-state index in [2.05, 4.69) is 18.0 Å². The number of fused-ring (bicyclic) bond motifs is 1. The number of hydrogen-bond donors (Lipinski definition) is 2. The second kappa shape index (κ2) is 7.38. The zero-order valence-electron chi connectivity index (χ0n) is 14.0. The predicted octanol–water partition coefficient (Wildman–Crippen LogP) is 3.35. The standard InChI is InChI=1S/C20H22FN3O/c1-14(22)10-12-23-20(25)24-13-11-15-4-2-3-5-18(15)19(24)16-6-8-17(21)9-7-16/h2-9,19H,1,10-13,22H2,(H,23,25)/t19-/m0/s1. The van der Waals surface area contributed by atoms with Crippen molar-refractivity contribution >= 4 is 6.03 Å². The van der Waals surface area contributed by atoms with Crippen molar-refractivity contribution in [3.05, 3.63) is 83.3 Å². The molecular formula is C20H22FN3O. The minimum Gasteiger partial charge on any atom is -0.402 e. The molecule has 0 saturated carbocycles. The number of rotatable bonds is 4. The number of halogens is 1. The summed E-state index contributed by atoms with van der Waals surface area (Å²) in [7, 11) is 0. The van der Waals surface area contributed by atoms with Crippen LogP contribution in [0.25, 0.3) is 0 Å². The summed E-state index contributed by atoms with van der Waals surface area (Å²) in [5.74, 6) is -0.287. The Balaban J connectivity index is 1.90. The maximum absolute atomic E-state index is 13.3. The normalized spacial score (nSPS) is 16.2. The average Bonchev–Trinajstić information content (AvgIpc) is 2.61. The van der Waals surface area contributed by atoms with Gasteiger partial charge in [-0.1, -0.05) is 43.0 Å². The molecule has 0 aromatic heterocycles. The Labute approximate surface area is 147 Å². The molecule has 25 heavy (non-hydrogen) atoms. The first-order valence-electron chi connectivity index (χ1n) is 8.37. The van der Waals surface area contributed by atoms with E-state index in [4.69, 9.17) is 5.73 Å². The fourth-order valence-corrected chi connectivity index (χ4v) is 3.22. The van der Waals surface area contributed by atoms with Gasteiger partial charge in [0.05, 0.1) is 6.04 Å². The molecule has 0 fully saturated rings. The molecule has 5 heteroatoms. The van der Waals surface area contributed by atoms with E-state index in [1.807, 2.05) is 18.2 Å². The molecule has 0 spiro atoms. The fourth-order valence-electron chi connectivity index (χ4n) is 3.22. The fraction of sp³-hybridized carbons (Fsp3) is 0.250. The smallest absolute Gasteiger partial charge is 0.318 e. The first-order valence-corrected chi connectivity index (χ1v) is 8.37. The summed E-state index contributed by atoms with van der Waals surface area (Å²) in [6, 6.07) is 14.1. The zero-order chi connectivity index (χ0) is 17.8. The van der Waals surface area contributed by atoms with Crippen LogP contribution in [0.1, 0.15) is 29.2 Å². The molecule has 4 nitrogen and oxygen atoms in total. The summed E-state index contributed by atoms with van der Waals surface area (Å²) >= 11 is 0. The van der Waals surface area contributed by atoms with Crippen LogP contribution in [0.5, 0.6) is 0 Å². The number of carbonyl (C=O) groups is 1. The summed E-state index contributed by atoms with van der Waals surface area (Å²) in [6.45, 7) is 4.69. The van der Waals surface area contributed by atoms with Gasteiger partial charge < -0.3 is 16.0 Å². The molecule has 3 rings (SSSR count). The van der Waals surface area contributed by atoms with E-state index in [0.717, 1.165) is 17.5 Å². The zero-order valence-corrected chi connectivity index (χ0v) is 14.0. The van der Waals surface area contributed by atoms with Gasteiger partial charge >= 0.3 is 6.03 Å². The molecule has 0 aliphatic carbocycles. The number of urea groups is 1. The number of carbonyl (C=O) groups excluding carboxylic acids is 1. The minimum absolute atomic E-state index is 0.148. The van der Waals surface area contributed by atoms with Crippen LogP contribution < -0.4 is 11.1 Å². The lowest BCUT2D eigenvalue weighted by atomic mass is 9.88. The molecule has 1 aliphatic heterocycles. The van der Waals surface area contributed by atoms with Gasteiger partial charge in [-0.25, -0.2) is 9.18 Å². The number of hydrogen-bond acceptors (Lipinski definition) is 2. The Bertz CT molecular complexity index is 773. The van der Waals surface area contributed by atoms with Crippen molar-refractivity contribution in [2.45, 2.75) is 18.9 Å². The summed E-state index contributed by atoms with van der Waals surface area (Å²) in [5, 5.41) is 2.90. The lowest BCUT2D eigenvalue weighted by molar-refractivity contribution is 0.180. The highest BCUT2D eigenvalue weighted by molar-refractivity contribution is 5.76. The molecule has 1 heterocycles. The van der Waals surface area contributed by atoms with E-state index >= 15 is 0 Å². The summed E-state index contributed by atoms with van der Waals surface area (Å²) in [5.41, 5.74) is 9.30. The summed E-state index contributed by atoms with van der Waals surface area (Å²) < 4.78 is 13.3. The summed E-state index contributed by atoms with van der Waals surface area (Å²) in [6.07, 6.45) is 1.34. The number of nitrogens with two attached hydrogens (primary N) is 1. The van der Waals surface area contributed by atoms with Gasteiger partial charge in [-0.2, -0.15) is 0 Å². The highest BCUT2D eigenvalue weighted by Crippen LogP contribution is 2.35. The first kappa shape index (κ1) is 17.0. The Hall–Kier alpha value is -2.82. The second-order valence-corrected chi connectivity index (χ2v) is 6.24. The van der Waals surface area contributed by atoms with Crippen LogP contribution in [0.15, 0.2) is 60.8 Å². The van der Waals surface area contributed by atoms with Gasteiger partial charge in [-0.3, -0.25) is 0 Å². The van der Waals surface area contributed by atoms with Gasteiger partial charge in [-0.05, 0) is 35.2 Å². The highest BCUT2D eigenvalue weighted by Gasteiger charge is 2.31. The Kier molecular flexibility index (Phi) is 5.03. The molecular weight excluding hydrogens is 317 g/mol. The topological polar surface area (TPSA) is 58.4 Å². The molecule has 2 aromatic rings. The number of amides is 2. The lowest BCUT2D eigenvalue weighted by Crippen LogP contribution is -2.46. The van der Waals surface area contributed by atoms with Gasteiger partial charge in [-0.15, -0.1) is 0 Å². The molecule has 3 N–H and O–H groups in total. The quantitative estimate of drug-likeness (QED) is 0.897. The molecule has 1 aliphatic rings. The third kappa shape index (κ3) is 3.82. The molecule has 0 unspecified atom stereocenters. The predicted molar refractivity (Wildman–Crippen MR) is 96.4 cm³/mol. The molecule has 130 valence electrons. The van der Waals surface area contributed by atoms with Crippen LogP contribution >= 0.6 is 0 Å². The largest absolute Gasteiger partial charge is 0.402 e. The minimum atomic E-state index is -0.287. The SMILES string of the molecule is C=C(N)CCNC(=O)N1CCc2ccccc2[C@@H]1c1ccc(F)cc1. The number of benzene rings is 2. The van der Waals surface area contributed by atoms with Crippen molar-refractivity contribution < 1.29 is 9.18 Å². The maximum Gasteiger partial charge on any atom is 0.318 e. The van der Waals surface area contributed by atoms with Crippen molar-refractivity contribution in [2.24, 2.45) is 5.73 Å². The van der Waals surface area contributed by atoms with Crippen molar-refractivity contribution in [3.63, 3.8) is 0 Å². The first-order chi connectivity index (χ1) is 12.1. The molecule has 0 saturated heterocycles. The monoisotopic (exact) mass is 339 g/mol. The lowest BCUT2D eigenvalue weighted by Gasteiger charge is -2.37. The molecule has 0 bridgehead atoms. The Morgan fingerprint density at radius 3 is 2.68 bits per heavy atom. The Morgan fingerprint density at radius 1 is 1.24 bits per heavy atom. The van der Waals surface area contributed by atoms with E-state index in [9.17, 15) is 9.18 Å². The van der Waals surface area contributed by atoms with E-state index in [1.165, 1.54) is 17.7 Å². The number of nitrogens with zero attached hydrogens (tertiary/aromatic N) is 1. The van der Waals surface area contributed by atoms with Gasteiger partial charge in [0.1, 0.15) is 5.82 Å². The van der Waals surface area contributed by atoms with Gasteiger partial charge in [0.15, 0.2) is 0 Å². The van der Waals surface area contributed by atoms with E-state index in [-0.39, 0.29) is 17.9 Å². The highest BCUT2D eigenvalue weighted by atomic mass is 19.1. The molecule has 0 radical (unpaired) electrons. The van der Waals surface area contributed by atoms with Crippen molar-refractivity contribution in [2.75, 3.05) is 13.1 Å². The van der Waals surface area contributed by atoms with E-state index in [1.54, 1.807) is 17.0 Å². The van der Waals surface area contributed by atoms with Crippen molar-refractivity contribution in [1.82, 2.24) is 10.2 Å².